The van der Waals surface area contributed by atoms with Gasteiger partial charge in [0.25, 0.3) is 0 Å². The molecule has 0 aliphatic heterocycles. The summed E-state index contributed by atoms with van der Waals surface area (Å²) in [5.41, 5.74) is 1.62. The number of carbonyl (C=O) groups is 1. The average Bonchev–Trinajstić information content (AvgIpc) is 2.56. The van der Waals surface area contributed by atoms with Crippen LogP contribution in [0.4, 0.5) is 0 Å². The Bertz CT molecular complexity index is 396. The number of methoxy groups -OCH3 is 1. The maximum atomic E-state index is 11.9. The van der Waals surface area contributed by atoms with E-state index in [4.69, 9.17) is 4.74 Å². The molecule has 0 saturated heterocycles. The Morgan fingerprint density at radius 2 is 2.27 bits per heavy atom. The monoisotopic (exact) mass is 206 g/mol. The lowest BCUT2D eigenvalue weighted by Crippen LogP contribution is -2.22. The second-order valence-corrected chi connectivity index (χ2v) is 3.90. The molecule has 2 unspecified atom stereocenters. The Morgan fingerprint density at radius 3 is 2.87 bits per heavy atom. The molecule has 0 fully saturated rings. The molecule has 0 amide bonds. The topological polar surface area (TPSA) is 46.5 Å². The number of ketones is 1. The number of ether oxygens (including phenoxy) is 1. The van der Waals surface area contributed by atoms with E-state index in [0.717, 1.165) is 11.3 Å². The van der Waals surface area contributed by atoms with Gasteiger partial charge in [0.05, 0.1) is 19.1 Å². The Hall–Kier alpha value is -1.35. The van der Waals surface area contributed by atoms with Crippen LogP contribution in [0.15, 0.2) is 18.2 Å². The minimum absolute atomic E-state index is 0.0268. The fourth-order valence-corrected chi connectivity index (χ4v) is 2.10. The number of hydrogen-bond donors (Lipinski definition) is 1. The summed E-state index contributed by atoms with van der Waals surface area (Å²) in [6.45, 7) is 1.65. The molecule has 1 aliphatic rings. The van der Waals surface area contributed by atoms with Gasteiger partial charge in [0, 0.05) is 11.1 Å². The molecule has 0 aromatic heterocycles. The van der Waals surface area contributed by atoms with Crippen molar-refractivity contribution >= 4 is 5.78 Å². The molecule has 15 heavy (non-hydrogen) atoms. The van der Waals surface area contributed by atoms with Crippen LogP contribution in [0.2, 0.25) is 0 Å². The zero-order valence-corrected chi connectivity index (χ0v) is 8.86. The molecule has 0 heterocycles. The van der Waals surface area contributed by atoms with E-state index in [2.05, 4.69) is 0 Å². The molecule has 2 rings (SSSR count). The summed E-state index contributed by atoms with van der Waals surface area (Å²) in [6.07, 6.45) is -0.0230. The molecule has 1 aromatic carbocycles. The zero-order valence-electron chi connectivity index (χ0n) is 8.86. The molecule has 0 radical (unpaired) electrons. The molecule has 0 saturated carbocycles. The van der Waals surface area contributed by atoms with E-state index in [1.807, 2.05) is 6.07 Å². The van der Waals surface area contributed by atoms with Gasteiger partial charge < -0.3 is 9.84 Å². The largest absolute Gasteiger partial charge is 0.496 e. The van der Waals surface area contributed by atoms with Crippen molar-refractivity contribution in [3.63, 3.8) is 0 Å². The molecule has 3 nitrogen and oxygen atoms in total. The van der Waals surface area contributed by atoms with Crippen molar-refractivity contribution in [3.05, 3.63) is 29.3 Å². The van der Waals surface area contributed by atoms with Gasteiger partial charge in [-0.2, -0.15) is 0 Å². The van der Waals surface area contributed by atoms with Crippen LogP contribution < -0.4 is 4.74 Å². The van der Waals surface area contributed by atoms with E-state index in [-0.39, 0.29) is 11.7 Å². The highest BCUT2D eigenvalue weighted by molar-refractivity contribution is 6.03. The van der Waals surface area contributed by atoms with Gasteiger partial charge in [-0.15, -0.1) is 0 Å². The summed E-state index contributed by atoms with van der Waals surface area (Å²) in [5, 5.41) is 9.50. The summed E-state index contributed by atoms with van der Waals surface area (Å²) >= 11 is 0. The first kappa shape index (κ1) is 10.2. The number of benzene rings is 1. The van der Waals surface area contributed by atoms with Gasteiger partial charge in [0.1, 0.15) is 5.75 Å². The van der Waals surface area contributed by atoms with Crippen molar-refractivity contribution in [1.82, 2.24) is 0 Å². The van der Waals surface area contributed by atoms with Crippen LogP contribution in [-0.2, 0) is 6.42 Å². The van der Waals surface area contributed by atoms with Crippen LogP contribution in [0.5, 0.6) is 5.75 Å². The summed E-state index contributed by atoms with van der Waals surface area (Å²) in [4.78, 5) is 11.9. The molecule has 3 heteroatoms. The van der Waals surface area contributed by atoms with Crippen LogP contribution in [0.3, 0.4) is 0 Å². The SMILES string of the molecule is COc1cccc2c1CC(C(C)O)C2=O. The predicted molar refractivity (Wildman–Crippen MR) is 56.2 cm³/mol. The van der Waals surface area contributed by atoms with Crippen molar-refractivity contribution in [2.45, 2.75) is 19.4 Å². The van der Waals surface area contributed by atoms with Gasteiger partial charge in [0.15, 0.2) is 5.78 Å². The summed E-state index contributed by atoms with van der Waals surface area (Å²) < 4.78 is 5.20. The van der Waals surface area contributed by atoms with E-state index >= 15 is 0 Å². The van der Waals surface area contributed by atoms with Gasteiger partial charge in [-0.3, -0.25) is 4.79 Å². The number of rotatable bonds is 2. The zero-order chi connectivity index (χ0) is 11.0. The first-order chi connectivity index (χ1) is 7.15. The number of Topliss-reactive ketones (excluding diaryl/α,β-unsaturated/α-hetero) is 1. The lowest BCUT2D eigenvalue weighted by atomic mass is 10.00. The normalized spacial score (nSPS) is 21.3. The van der Waals surface area contributed by atoms with Crippen LogP contribution in [0, 0.1) is 5.92 Å². The van der Waals surface area contributed by atoms with Crippen LogP contribution in [0.1, 0.15) is 22.8 Å². The molecule has 0 spiro atoms. The highest BCUT2D eigenvalue weighted by atomic mass is 16.5. The number of aliphatic hydroxyl groups is 1. The standard InChI is InChI=1S/C12H14O3/c1-7(13)9-6-10-8(12(9)14)4-3-5-11(10)15-2/h3-5,7,9,13H,6H2,1-2H3. The van der Waals surface area contributed by atoms with Crippen LogP contribution in [-0.4, -0.2) is 24.1 Å². The number of hydrogen-bond acceptors (Lipinski definition) is 3. The van der Waals surface area contributed by atoms with Gasteiger partial charge in [-0.1, -0.05) is 12.1 Å². The van der Waals surface area contributed by atoms with Crippen LogP contribution >= 0.6 is 0 Å². The van der Waals surface area contributed by atoms with E-state index in [1.54, 1.807) is 26.2 Å². The first-order valence-electron chi connectivity index (χ1n) is 5.03. The van der Waals surface area contributed by atoms with Crippen molar-refractivity contribution in [2.24, 2.45) is 5.92 Å². The number of carbonyl (C=O) groups excluding carboxylic acids is 1. The van der Waals surface area contributed by atoms with Crippen molar-refractivity contribution in [3.8, 4) is 5.75 Å². The first-order valence-corrected chi connectivity index (χ1v) is 5.03. The molecule has 1 aliphatic carbocycles. The molecular weight excluding hydrogens is 192 g/mol. The molecular formula is C12H14O3. The molecule has 1 N–H and O–H groups in total. The maximum Gasteiger partial charge on any atom is 0.169 e. The smallest absolute Gasteiger partial charge is 0.169 e. The fraction of sp³-hybridized carbons (Fsp3) is 0.417. The Labute approximate surface area is 88.7 Å². The second-order valence-electron chi connectivity index (χ2n) is 3.90. The number of aliphatic hydroxyl groups excluding tert-OH is 1. The lowest BCUT2D eigenvalue weighted by molar-refractivity contribution is 0.0758. The van der Waals surface area contributed by atoms with E-state index in [0.29, 0.717) is 12.0 Å². The summed E-state index contributed by atoms with van der Waals surface area (Å²) in [6, 6.07) is 5.44. The van der Waals surface area contributed by atoms with E-state index in [1.165, 1.54) is 0 Å². The Kier molecular flexibility index (Phi) is 2.49. The van der Waals surface area contributed by atoms with Crippen molar-refractivity contribution < 1.29 is 14.6 Å². The van der Waals surface area contributed by atoms with Gasteiger partial charge in [0.2, 0.25) is 0 Å². The minimum Gasteiger partial charge on any atom is -0.496 e. The predicted octanol–water partition coefficient (Wildman–Crippen LogP) is 1.43. The highest BCUT2D eigenvalue weighted by Gasteiger charge is 2.35. The number of fused-ring (bicyclic) bond motifs is 1. The molecule has 80 valence electrons. The van der Waals surface area contributed by atoms with Gasteiger partial charge >= 0.3 is 0 Å². The second kappa shape index (κ2) is 3.66. The molecule has 0 bridgehead atoms. The van der Waals surface area contributed by atoms with Crippen molar-refractivity contribution in [2.75, 3.05) is 7.11 Å². The van der Waals surface area contributed by atoms with Crippen LogP contribution in [0.25, 0.3) is 0 Å². The summed E-state index contributed by atoms with van der Waals surface area (Å²) in [7, 11) is 1.59. The Morgan fingerprint density at radius 1 is 1.53 bits per heavy atom. The third kappa shape index (κ3) is 1.53. The lowest BCUT2D eigenvalue weighted by Gasteiger charge is -2.10. The average molecular weight is 206 g/mol. The third-order valence-electron chi connectivity index (χ3n) is 2.96. The quantitative estimate of drug-likeness (QED) is 0.796. The van der Waals surface area contributed by atoms with Gasteiger partial charge in [-0.05, 0) is 19.4 Å². The van der Waals surface area contributed by atoms with E-state index < -0.39 is 6.10 Å². The minimum atomic E-state index is -0.602. The molecule has 1 aromatic rings. The summed E-state index contributed by atoms with van der Waals surface area (Å²) in [5.74, 6) is 0.458. The maximum absolute atomic E-state index is 11.9. The molecule has 2 atom stereocenters. The highest BCUT2D eigenvalue weighted by Crippen LogP contribution is 2.34. The van der Waals surface area contributed by atoms with Gasteiger partial charge in [-0.25, -0.2) is 0 Å². The van der Waals surface area contributed by atoms with Crippen molar-refractivity contribution in [1.29, 1.82) is 0 Å². The Balaban J connectivity index is 2.44. The fourth-order valence-electron chi connectivity index (χ4n) is 2.10. The third-order valence-corrected chi connectivity index (χ3v) is 2.96. The van der Waals surface area contributed by atoms with E-state index in [9.17, 15) is 9.90 Å².